The third-order valence-corrected chi connectivity index (χ3v) is 1.16. The van der Waals surface area contributed by atoms with Crippen LogP contribution in [-0.2, 0) is 0 Å². The molecule has 0 amide bonds. The summed E-state index contributed by atoms with van der Waals surface area (Å²) in [5.74, 6) is 0. The summed E-state index contributed by atoms with van der Waals surface area (Å²) in [5, 5.41) is 4.12. The molecule has 1 rings (SSSR count). The number of hydrogen-bond donors (Lipinski definition) is 1. The molecule has 1 N–H and O–H groups in total. The lowest BCUT2D eigenvalue weighted by molar-refractivity contribution is 0.426. The van der Waals surface area contributed by atoms with Gasteiger partial charge in [0.15, 0.2) is 0 Å². The van der Waals surface area contributed by atoms with Gasteiger partial charge in [0.1, 0.15) is 0 Å². The maximum atomic E-state index is 11.7. The van der Waals surface area contributed by atoms with Crippen LogP contribution in [0.15, 0.2) is 11.6 Å². The number of hydrogen-bond acceptors (Lipinski definition) is 2. The molecule has 1 heterocycles. The van der Waals surface area contributed by atoms with Gasteiger partial charge in [-0.25, -0.2) is 4.39 Å². The van der Waals surface area contributed by atoms with E-state index in [4.69, 9.17) is 0 Å². The van der Waals surface area contributed by atoms with Gasteiger partial charge in [-0.1, -0.05) is 11.8 Å². The Kier molecular flexibility index (Phi) is 1.01. The molecule has 0 radical (unpaired) electrons. The van der Waals surface area contributed by atoms with Crippen molar-refractivity contribution < 1.29 is 4.39 Å². The van der Waals surface area contributed by atoms with Gasteiger partial charge >= 0.3 is 0 Å². The Morgan fingerprint density at radius 2 is 2.67 bits per heavy atom. The van der Waals surface area contributed by atoms with Gasteiger partial charge in [0.05, 0.1) is 0 Å². The van der Waals surface area contributed by atoms with Crippen LogP contribution in [0, 0.1) is 0 Å². The van der Waals surface area contributed by atoms with Gasteiger partial charge in [-0.3, -0.25) is 0 Å². The fraction of sp³-hybridized carbons (Fsp3) is 0.333. The van der Waals surface area contributed by atoms with Crippen LogP contribution in [0.5, 0.6) is 0 Å². The minimum Gasteiger partial charge on any atom is -0.353 e. The van der Waals surface area contributed by atoms with E-state index in [1.165, 1.54) is 0 Å². The molecule has 0 saturated carbocycles. The Labute approximate surface area is 39.6 Å². The largest absolute Gasteiger partial charge is 0.353 e. The van der Waals surface area contributed by atoms with Crippen molar-refractivity contribution in [2.24, 2.45) is 0 Å². The van der Waals surface area contributed by atoms with E-state index in [0.29, 0.717) is 0 Å². The molecule has 1 nitrogen and oxygen atoms in total. The third kappa shape index (κ3) is 0.653. The first-order valence-electron chi connectivity index (χ1n) is 1.60. The summed E-state index contributed by atoms with van der Waals surface area (Å²) < 4.78 is 11.7. The molecule has 34 valence electrons. The van der Waals surface area contributed by atoms with Crippen LogP contribution in [0.4, 0.5) is 4.39 Å². The van der Waals surface area contributed by atoms with E-state index >= 15 is 0 Å². The van der Waals surface area contributed by atoms with Crippen LogP contribution in [0.3, 0.4) is 0 Å². The fourth-order valence-corrected chi connectivity index (χ4v) is 0.715. The maximum Gasteiger partial charge on any atom is 0.221 e. The van der Waals surface area contributed by atoms with E-state index < -0.39 is 5.63 Å². The van der Waals surface area contributed by atoms with Gasteiger partial charge in [0.25, 0.3) is 0 Å². The highest BCUT2D eigenvalue weighted by molar-refractivity contribution is 8.02. The third-order valence-electron chi connectivity index (χ3n) is 0.493. The van der Waals surface area contributed by atoms with Crippen molar-refractivity contribution in [2.45, 2.75) is 5.63 Å². The van der Waals surface area contributed by atoms with Crippen molar-refractivity contribution in [2.75, 3.05) is 0 Å². The summed E-state index contributed by atoms with van der Waals surface area (Å²) in [4.78, 5) is 0. The van der Waals surface area contributed by atoms with Crippen LogP contribution in [0.25, 0.3) is 0 Å². The van der Waals surface area contributed by atoms with E-state index in [2.05, 4.69) is 5.32 Å². The van der Waals surface area contributed by atoms with E-state index in [1.54, 1.807) is 11.6 Å². The molecule has 0 bridgehead atoms. The van der Waals surface area contributed by atoms with Crippen molar-refractivity contribution in [3.8, 4) is 0 Å². The summed E-state index contributed by atoms with van der Waals surface area (Å²) in [7, 11) is 0. The molecule has 0 aromatic carbocycles. The average Bonchev–Trinajstić information content (AvgIpc) is 1.86. The zero-order chi connectivity index (χ0) is 4.41. The zero-order valence-corrected chi connectivity index (χ0v) is 3.83. The second-order valence-corrected chi connectivity index (χ2v) is 1.88. The van der Waals surface area contributed by atoms with Crippen molar-refractivity contribution in [1.82, 2.24) is 5.32 Å². The van der Waals surface area contributed by atoms with Gasteiger partial charge in [-0.05, 0) is 5.41 Å². The first-order chi connectivity index (χ1) is 2.89. The topological polar surface area (TPSA) is 12.0 Å². The summed E-state index contributed by atoms with van der Waals surface area (Å²) in [6, 6.07) is 0. The molecule has 6 heavy (non-hydrogen) atoms. The standard InChI is InChI=1S/C3H4FNS/c4-3-5-1-2-6-3/h1-3,5H. The lowest BCUT2D eigenvalue weighted by Crippen LogP contribution is -2.07. The van der Waals surface area contributed by atoms with Gasteiger partial charge < -0.3 is 5.32 Å². The second-order valence-electron chi connectivity index (χ2n) is 0.922. The molecule has 1 unspecified atom stereocenters. The highest BCUT2D eigenvalue weighted by atomic mass is 32.2. The highest BCUT2D eigenvalue weighted by Gasteiger charge is 2.03. The van der Waals surface area contributed by atoms with E-state index in [1.807, 2.05) is 0 Å². The van der Waals surface area contributed by atoms with E-state index in [-0.39, 0.29) is 0 Å². The molecule has 0 saturated heterocycles. The minimum absolute atomic E-state index is 0.898. The van der Waals surface area contributed by atoms with Crippen molar-refractivity contribution in [1.29, 1.82) is 0 Å². The van der Waals surface area contributed by atoms with Gasteiger partial charge in [-0.2, -0.15) is 0 Å². The Morgan fingerprint density at radius 1 is 1.83 bits per heavy atom. The van der Waals surface area contributed by atoms with Gasteiger partial charge in [0.2, 0.25) is 5.63 Å². The molecule has 0 aromatic heterocycles. The molecule has 0 aromatic rings. The first-order valence-corrected chi connectivity index (χ1v) is 2.54. The Bertz CT molecular complexity index is 65.2. The van der Waals surface area contributed by atoms with E-state index in [9.17, 15) is 4.39 Å². The summed E-state index contributed by atoms with van der Waals surface area (Å²) in [6.45, 7) is 0. The van der Waals surface area contributed by atoms with Gasteiger partial charge in [0, 0.05) is 6.20 Å². The quantitative estimate of drug-likeness (QED) is 0.462. The monoisotopic (exact) mass is 105 g/mol. The summed E-state index contributed by atoms with van der Waals surface area (Å²) >= 11 is 1.14. The second kappa shape index (κ2) is 1.51. The molecular formula is C3H4FNS. The molecule has 0 spiro atoms. The maximum absolute atomic E-state index is 11.7. The molecule has 0 aliphatic carbocycles. The average molecular weight is 105 g/mol. The fourth-order valence-electron chi connectivity index (χ4n) is 0.262. The van der Waals surface area contributed by atoms with Gasteiger partial charge in [-0.15, -0.1) is 0 Å². The molecular weight excluding hydrogens is 101 g/mol. The molecule has 1 aliphatic rings. The molecule has 0 fully saturated rings. The SMILES string of the molecule is FC1NC=CS1. The van der Waals surface area contributed by atoms with Crippen molar-refractivity contribution in [3.05, 3.63) is 11.6 Å². The Morgan fingerprint density at radius 3 is 2.83 bits per heavy atom. The normalized spacial score (nSPS) is 30.5. The number of rotatable bonds is 0. The minimum atomic E-state index is -0.898. The number of halogens is 1. The molecule has 3 heteroatoms. The van der Waals surface area contributed by atoms with Crippen LogP contribution >= 0.6 is 11.8 Å². The van der Waals surface area contributed by atoms with Crippen LogP contribution in [0.2, 0.25) is 0 Å². The predicted octanol–water partition coefficient (Wildman–Crippen LogP) is 1.05. The smallest absolute Gasteiger partial charge is 0.221 e. The van der Waals surface area contributed by atoms with Crippen LogP contribution in [0.1, 0.15) is 0 Å². The Hall–Kier alpha value is -0.180. The number of thioether (sulfide) groups is 1. The predicted molar refractivity (Wildman–Crippen MR) is 24.8 cm³/mol. The number of alkyl halides is 1. The highest BCUT2D eigenvalue weighted by Crippen LogP contribution is 2.14. The molecule has 1 aliphatic heterocycles. The summed E-state index contributed by atoms with van der Waals surface area (Å²) in [5.41, 5.74) is -0.898. The zero-order valence-electron chi connectivity index (χ0n) is 3.02. The van der Waals surface area contributed by atoms with Crippen LogP contribution < -0.4 is 5.32 Å². The first kappa shape index (κ1) is 3.99. The van der Waals surface area contributed by atoms with Crippen LogP contribution in [-0.4, -0.2) is 5.63 Å². The summed E-state index contributed by atoms with van der Waals surface area (Å²) in [6.07, 6.45) is 1.59. The lowest BCUT2D eigenvalue weighted by atomic mass is 11.0. The lowest BCUT2D eigenvalue weighted by Gasteiger charge is -1.91. The molecule has 1 atom stereocenters. The van der Waals surface area contributed by atoms with Crippen molar-refractivity contribution in [3.63, 3.8) is 0 Å². The number of nitrogens with one attached hydrogen (secondary N) is 1. The van der Waals surface area contributed by atoms with Crippen molar-refractivity contribution >= 4 is 11.8 Å². The van der Waals surface area contributed by atoms with E-state index in [0.717, 1.165) is 11.8 Å². The Balaban J connectivity index is 2.32.